The van der Waals surface area contributed by atoms with Gasteiger partial charge in [-0.05, 0) is 26.7 Å². The topological polar surface area (TPSA) is 62.1 Å². The lowest BCUT2D eigenvalue weighted by Crippen LogP contribution is -2.44. The minimum absolute atomic E-state index is 0.0747. The van der Waals surface area contributed by atoms with Crippen LogP contribution in [0.25, 0.3) is 0 Å². The van der Waals surface area contributed by atoms with Gasteiger partial charge in [-0.25, -0.2) is 0 Å². The molecule has 0 aromatic rings. The van der Waals surface area contributed by atoms with Crippen LogP contribution in [-0.2, 0) is 9.53 Å². The van der Waals surface area contributed by atoms with Crippen LogP contribution in [0.3, 0.4) is 0 Å². The Labute approximate surface area is 91.6 Å². The summed E-state index contributed by atoms with van der Waals surface area (Å²) in [7, 11) is 1.62. The number of carbonyl (C=O) groups excluding carboxylic acids is 1. The first-order valence-electron chi connectivity index (χ1n) is 5.22. The minimum atomic E-state index is -0.743. The van der Waals surface area contributed by atoms with Crippen LogP contribution in [0.1, 0.15) is 40.0 Å². The molecule has 0 fully saturated rings. The summed E-state index contributed by atoms with van der Waals surface area (Å²) in [5.41, 5.74) is -0.743. The van der Waals surface area contributed by atoms with Crippen LogP contribution in [0.2, 0.25) is 0 Å². The van der Waals surface area contributed by atoms with Crippen LogP contribution in [-0.4, -0.2) is 24.7 Å². The molecule has 0 aliphatic rings. The van der Waals surface area contributed by atoms with E-state index in [0.717, 1.165) is 0 Å². The number of nitrogens with one attached hydrogen (secondary N) is 1. The Morgan fingerprint density at radius 1 is 1.67 bits per heavy atom. The molecular weight excluding hydrogens is 192 g/mol. The van der Waals surface area contributed by atoms with E-state index in [1.807, 2.05) is 13.8 Å². The zero-order chi connectivity index (χ0) is 11.9. The zero-order valence-electron chi connectivity index (χ0n) is 9.96. The SMILES string of the molecule is CCC(C)(C#N)NC(=O)CCC(C)OC. The average molecular weight is 212 g/mol. The molecule has 2 atom stereocenters. The van der Waals surface area contributed by atoms with Crippen molar-refractivity contribution >= 4 is 5.91 Å². The summed E-state index contributed by atoms with van der Waals surface area (Å²) >= 11 is 0. The summed E-state index contributed by atoms with van der Waals surface area (Å²) in [5, 5.41) is 11.6. The van der Waals surface area contributed by atoms with E-state index in [1.54, 1.807) is 14.0 Å². The van der Waals surface area contributed by atoms with Crippen molar-refractivity contribution in [2.45, 2.75) is 51.7 Å². The molecule has 2 unspecified atom stereocenters. The van der Waals surface area contributed by atoms with E-state index in [1.165, 1.54) is 0 Å². The normalized spacial score (nSPS) is 16.2. The smallest absolute Gasteiger partial charge is 0.221 e. The van der Waals surface area contributed by atoms with Crippen LogP contribution in [0.15, 0.2) is 0 Å². The van der Waals surface area contributed by atoms with Gasteiger partial charge in [-0.2, -0.15) is 5.26 Å². The van der Waals surface area contributed by atoms with Crippen LogP contribution < -0.4 is 5.32 Å². The van der Waals surface area contributed by atoms with Gasteiger partial charge in [0.25, 0.3) is 0 Å². The van der Waals surface area contributed by atoms with Crippen LogP contribution in [0, 0.1) is 11.3 Å². The molecule has 0 saturated heterocycles. The molecule has 0 heterocycles. The fourth-order valence-electron chi connectivity index (χ4n) is 1.02. The number of carbonyl (C=O) groups is 1. The molecule has 0 spiro atoms. The van der Waals surface area contributed by atoms with E-state index < -0.39 is 5.54 Å². The molecule has 0 saturated carbocycles. The van der Waals surface area contributed by atoms with Crippen molar-refractivity contribution in [2.24, 2.45) is 0 Å². The number of ether oxygens (including phenoxy) is 1. The summed E-state index contributed by atoms with van der Waals surface area (Å²) in [4.78, 5) is 11.5. The Bertz CT molecular complexity index is 247. The molecule has 1 amide bonds. The van der Waals surface area contributed by atoms with Gasteiger partial charge in [0.15, 0.2) is 0 Å². The molecule has 1 N–H and O–H groups in total. The molecule has 15 heavy (non-hydrogen) atoms. The lowest BCUT2D eigenvalue weighted by Gasteiger charge is -2.21. The summed E-state index contributed by atoms with van der Waals surface area (Å²) < 4.78 is 5.04. The van der Waals surface area contributed by atoms with Crippen molar-refractivity contribution < 1.29 is 9.53 Å². The molecule has 0 aromatic heterocycles. The first-order valence-corrected chi connectivity index (χ1v) is 5.22. The Balaban J connectivity index is 3.99. The first-order chi connectivity index (χ1) is 6.97. The molecule has 0 aliphatic carbocycles. The monoisotopic (exact) mass is 212 g/mol. The third-order valence-electron chi connectivity index (χ3n) is 2.55. The summed E-state index contributed by atoms with van der Waals surface area (Å²) in [5.74, 6) is -0.0928. The molecule has 4 heteroatoms. The highest BCUT2D eigenvalue weighted by atomic mass is 16.5. The van der Waals surface area contributed by atoms with Crippen molar-refractivity contribution in [3.05, 3.63) is 0 Å². The maximum Gasteiger partial charge on any atom is 0.221 e. The third kappa shape index (κ3) is 5.38. The van der Waals surface area contributed by atoms with Gasteiger partial charge in [0.2, 0.25) is 5.91 Å². The van der Waals surface area contributed by atoms with Crippen molar-refractivity contribution in [3.63, 3.8) is 0 Å². The molecule has 0 aliphatic heterocycles. The first kappa shape index (κ1) is 13.9. The Kier molecular flexibility index (Phi) is 5.95. The number of nitriles is 1. The van der Waals surface area contributed by atoms with E-state index in [9.17, 15) is 4.79 Å². The lowest BCUT2D eigenvalue weighted by molar-refractivity contribution is -0.122. The second-order valence-corrected chi connectivity index (χ2v) is 3.93. The van der Waals surface area contributed by atoms with Gasteiger partial charge in [-0.1, -0.05) is 6.92 Å². The van der Waals surface area contributed by atoms with Gasteiger partial charge in [0.1, 0.15) is 5.54 Å². The van der Waals surface area contributed by atoms with Gasteiger partial charge >= 0.3 is 0 Å². The standard InChI is InChI=1S/C11H20N2O2/c1-5-11(3,8-12)13-10(14)7-6-9(2)15-4/h9H,5-7H2,1-4H3,(H,13,14). The second kappa shape index (κ2) is 6.41. The molecule has 86 valence electrons. The highest BCUT2D eigenvalue weighted by Crippen LogP contribution is 2.08. The van der Waals surface area contributed by atoms with E-state index in [4.69, 9.17) is 10.00 Å². The molecular formula is C11H20N2O2. The molecule has 0 rings (SSSR count). The minimum Gasteiger partial charge on any atom is -0.382 e. The van der Waals surface area contributed by atoms with Gasteiger partial charge in [0.05, 0.1) is 12.2 Å². The number of nitrogens with zero attached hydrogens (tertiary/aromatic N) is 1. The Morgan fingerprint density at radius 3 is 2.67 bits per heavy atom. The van der Waals surface area contributed by atoms with Gasteiger partial charge < -0.3 is 10.1 Å². The average Bonchev–Trinajstić information content (AvgIpc) is 2.25. The maximum atomic E-state index is 11.5. The lowest BCUT2D eigenvalue weighted by atomic mass is 10.0. The zero-order valence-corrected chi connectivity index (χ0v) is 9.96. The number of amides is 1. The second-order valence-electron chi connectivity index (χ2n) is 3.93. The quantitative estimate of drug-likeness (QED) is 0.727. The van der Waals surface area contributed by atoms with Crippen molar-refractivity contribution in [1.29, 1.82) is 5.26 Å². The Morgan fingerprint density at radius 2 is 2.27 bits per heavy atom. The summed E-state index contributed by atoms with van der Waals surface area (Å²) in [6, 6.07) is 2.10. The molecule has 4 nitrogen and oxygen atoms in total. The fourth-order valence-corrected chi connectivity index (χ4v) is 1.02. The van der Waals surface area contributed by atoms with Gasteiger partial charge in [0, 0.05) is 13.5 Å². The van der Waals surface area contributed by atoms with Crippen LogP contribution in [0.4, 0.5) is 0 Å². The van der Waals surface area contributed by atoms with E-state index in [-0.39, 0.29) is 12.0 Å². The van der Waals surface area contributed by atoms with Gasteiger partial charge in [-0.3, -0.25) is 4.79 Å². The fraction of sp³-hybridized carbons (Fsp3) is 0.818. The molecule has 0 radical (unpaired) electrons. The highest BCUT2D eigenvalue weighted by molar-refractivity contribution is 5.77. The molecule has 0 aromatic carbocycles. The number of hydrogen-bond donors (Lipinski definition) is 1. The van der Waals surface area contributed by atoms with Gasteiger partial charge in [-0.15, -0.1) is 0 Å². The molecule has 0 bridgehead atoms. The highest BCUT2D eigenvalue weighted by Gasteiger charge is 2.23. The maximum absolute atomic E-state index is 11.5. The number of rotatable bonds is 6. The van der Waals surface area contributed by atoms with E-state index in [0.29, 0.717) is 19.3 Å². The predicted octanol–water partition coefficient (Wildman–Crippen LogP) is 1.61. The summed E-state index contributed by atoms with van der Waals surface area (Å²) in [6.45, 7) is 5.52. The Hall–Kier alpha value is -1.08. The van der Waals surface area contributed by atoms with Crippen LogP contribution >= 0.6 is 0 Å². The number of hydrogen-bond acceptors (Lipinski definition) is 3. The third-order valence-corrected chi connectivity index (χ3v) is 2.55. The largest absolute Gasteiger partial charge is 0.382 e. The predicted molar refractivity (Wildman–Crippen MR) is 58.2 cm³/mol. The van der Waals surface area contributed by atoms with E-state index in [2.05, 4.69) is 11.4 Å². The van der Waals surface area contributed by atoms with Crippen molar-refractivity contribution in [2.75, 3.05) is 7.11 Å². The number of methoxy groups -OCH3 is 1. The van der Waals surface area contributed by atoms with Crippen LogP contribution in [0.5, 0.6) is 0 Å². The summed E-state index contributed by atoms with van der Waals surface area (Å²) in [6.07, 6.45) is 1.75. The van der Waals surface area contributed by atoms with Crippen molar-refractivity contribution in [1.82, 2.24) is 5.32 Å². The van der Waals surface area contributed by atoms with E-state index >= 15 is 0 Å². The van der Waals surface area contributed by atoms with Crippen molar-refractivity contribution in [3.8, 4) is 6.07 Å².